The van der Waals surface area contributed by atoms with Gasteiger partial charge in [-0.1, -0.05) is 19.3 Å². The van der Waals surface area contributed by atoms with E-state index in [2.05, 4.69) is 9.82 Å². The minimum Gasteiger partial charge on any atom is -0.391 e. The Kier molecular flexibility index (Phi) is 4.51. The number of aliphatic hydroxyl groups excluding tert-OH is 1. The highest BCUT2D eigenvalue weighted by atomic mass is 32.2. The maximum absolute atomic E-state index is 12.5. The molecule has 0 bridgehead atoms. The molecule has 2 atom stereocenters. The highest BCUT2D eigenvalue weighted by Gasteiger charge is 2.30. The molecule has 1 aromatic heterocycles. The summed E-state index contributed by atoms with van der Waals surface area (Å²) in [6.45, 7) is 3.42. The molecule has 20 heavy (non-hydrogen) atoms. The number of hydrogen-bond acceptors (Lipinski definition) is 4. The van der Waals surface area contributed by atoms with Gasteiger partial charge in [0.25, 0.3) is 0 Å². The Labute approximate surface area is 120 Å². The van der Waals surface area contributed by atoms with E-state index in [1.807, 2.05) is 0 Å². The highest BCUT2D eigenvalue weighted by Crippen LogP contribution is 2.23. The zero-order valence-corrected chi connectivity index (χ0v) is 13.1. The predicted octanol–water partition coefficient (Wildman–Crippen LogP) is 1.01. The van der Waals surface area contributed by atoms with Crippen LogP contribution in [-0.2, 0) is 17.1 Å². The number of rotatable bonds is 3. The summed E-state index contributed by atoms with van der Waals surface area (Å²) < 4.78 is 29.3. The molecule has 0 aliphatic heterocycles. The summed E-state index contributed by atoms with van der Waals surface area (Å²) in [4.78, 5) is 0.233. The van der Waals surface area contributed by atoms with Crippen LogP contribution in [0.3, 0.4) is 0 Å². The van der Waals surface area contributed by atoms with E-state index in [1.54, 1.807) is 25.6 Å². The molecule has 0 spiro atoms. The molecule has 1 fully saturated rings. The van der Waals surface area contributed by atoms with Crippen molar-refractivity contribution in [1.82, 2.24) is 14.5 Å². The molecule has 0 saturated heterocycles. The van der Waals surface area contributed by atoms with E-state index in [4.69, 9.17) is 0 Å². The molecule has 2 N–H and O–H groups in total. The van der Waals surface area contributed by atoms with Gasteiger partial charge in [0.15, 0.2) is 0 Å². The number of aryl methyl sites for hydroxylation is 2. The first-order valence-electron chi connectivity index (χ1n) is 7.03. The Hall–Kier alpha value is -0.920. The topological polar surface area (TPSA) is 84.2 Å². The molecule has 2 unspecified atom stereocenters. The van der Waals surface area contributed by atoms with Gasteiger partial charge in [0.1, 0.15) is 4.90 Å². The Morgan fingerprint density at radius 2 is 1.90 bits per heavy atom. The Morgan fingerprint density at radius 3 is 2.50 bits per heavy atom. The molecule has 1 aliphatic carbocycles. The normalized spacial score (nSPS) is 24.6. The smallest absolute Gasteiger partial charge is 0.244 e. The Morgan fingerprint density at radius 1 is 1.25 bits per heavy atom. The quantitative estimate of drug-likeness (QED) is 0.816. The van der Waals surface area contributed by atoms with E-state index < -0.39 is 22.2 Å². The average Bonchev–Trinajstić information content (AvgIpc) is 2.50. The predicted molar refractivity (Wildman–Crippen MR) is 75.9 cm³/mol. The molecule has 1 aliphatic rings. The van der Waals surface area contributed by atoms with Gasteiger partial charge in [0.05, 0.1) is 17.5 Å². The van der Waals surface area contributed by atoms with Gasteiger partial charge in [-0.05, 0) is 26.7 Å². The molecule has 0 radical (unpaired) electrons. The van der Waals surface area contributed by atoms with Crippen molar-refractivity contribution in [2.45, 2.75) is 63.0 Å². The molecular formula is C13H23N3O3S. The monoisotopic (exact) mass is 301 g/mol. The van der Waals surface area contributed by atoms with Crippen LogP contribution < -0.4 is 4.72 Å². The van der Waals surface area contributed by atoms with Crippen molar-refractivity contribution < 1.29 is 13.5 Å². The second-order valence-corrected chi connectivity index (χ2v) is 7.21. The summed E-state index contributed by atoms with van der Waals surface area (Å²) in [7, 11) is -1.92. The molecular weight excluding hydrogens is 278 g/mol. The Bertz CT molecular complexity index is 580. The zero-order valence-electron chi connectivity index (χ0n) is 12.3. The zero-order chi connectivity index (χ0) is 14.9. The minimum atomic E-state index is -3.64. The first-order chi connectivity index (χ1) is 9.33. The number of aromatic nitrogens is 2. The van der Waals surface area contributed by atoms with E-state index in [1.165, 1.54) is 0 Å². The molecule has 1 saturated carbocycles. The van der Waals surface area contributed by atoms with Gasteiger partial charge in [0.2, 0.25) is 10.0 Å². The van der Waals surface area contributed by atoms with Crippen molar-refractivity contribution in [2.24, 2.45) is 7.05 Å². The van der Waals surface area contributed by atoms with Gasteiger partial charge in [-0.3, -0.25) is 4.68 Å². The lowest BCUT2D eigenvalue weighted by molar-refractivity contribution is 0.130. The van der Waals surface area contributed by atoms with Crippen molar-refractivity contribution in [2.75, 3.05) is 0 Å². The van der Waals surface area contributed by atoms with Crippen molar-refractivity contribution in [3.8, 4) is 0 Å². The van der Waals surface area contributed by atoms with Gasteiger partial charge < -0.3 is 5.11 Å². The largest absolute Gasteiger partial charge is 0.391 e. The number of nitrogens with zero attached hydrogens (tertiary/aromatic N) is 2. The van der Waals surface area contributed by atoms with Gasteiger partial charge in [-0.2, -0.15) is 5.10 Å². The molecule has 1 heterocycles. The molecule has 6 nitrogen and oxygen atoms in total. The fourth-order valence-electron chi connectivity index (χ4n) is 2.83. The van der Waals surface area contributed by atoms with Crippen molar-refractivity contribution in [1.29, 1.82) is 0 Å². The summed E-state index contributed by atoms with van der Waals surface area (Å²) in [5.41, 5.74) is 1.10. The lowest BCUT2D eigenvalue weighted by atomic mass is 10.1. The van der Waals surface area contributed by atoms with Gasteiger partial charge in [-0.25, -0.2) is 13.1 Å². The van der Waals surface area contributed by atoms with Crippen LogP contribution in [0.2, 0.25) is 0 Å². The standard InChI is InChI=1S/C13H23N3O3S/c1-9-13(10(2)16(3)14-9)20(18,19)15-11-7-5-4-6-8-12(11)17/h11-12,15,17H,4-8H2,1-3H3. The number of nitrogens with one attached hydrogen (secondary N) is 1. The van der Waals surface area contributed by atoms with Crippen LogP contribution in [0.4, 0.5) is 0 Å². The average molecular weight is 301 g/mol. The van der Waals surface area contributed by atoms with Crippen molar-refractivity contribution in [3.05, 3.63) is 11.4 Å². The minimum absolute atomic E-state index is 0.233. The first-order valence-corrected chi connectivity index (χ1v) is 8.52. The number of aliphatic hydroxyl groups is 1. The SMILES string of the molecule is Cc1nn(C)c(C)c1S(=O)(=O)NC1CCCCCC1O. The van der Waals surface area contributed by atoms with Crippen LogP contribution in [0.1, 0.15) is 43.5 Å². The van der Waals surface area contributed by atoms with Crippen molar-refractivity contribution >= 4 is 10.0 Å². The summed E-state index contributed by atoms with van der Waals surface area (Å²) >= 11 is 0. The number of hydrogen-bond donors (Lipinski definition) is 2. The Balaban J connectivity index is 2.26. The summed E-state index contributed by atoms with van der Waals surface area (Å²) in [6.07, 6.45) is 3.65. The van der Waals surface area contributed by atoms with E-state index in [0.717, 1.165) is 19.3 Å². The lowest BCUT2D eigenvalue weighted by Crippen LogP contribution is -2.42. The van der Waals surface area contributed by atoms with Crippen LogP contribution in [0.5, 0.6) is 0 Å². The molecule has 114 valence electrons. The van der Waals surface area contributed by atoms with Crippen molar-refractivity contribution in [3.63, 3.8) is 0 Å². The number of sulfonamides is 1. The van der Waals surface area contributed by atoms with Crippen LogP contribution in [0.15, 0.2) is 4.90 Å². The second-order valence-electron chi connectivity index (χ2n) is 5.56. The van der Waals surface area contributed by atoms with Crippen LogP contribution in [-0.4, -0.2) is 35.5 Å². The van der Waals surface area contributed by atoms with E-state index in [9.17, 15) is 13.5 Å². The van der Waals surface area contributed by atoms with Crippen LogP contribution in [0, 0.1) is 13.8 Å². The van der Waals surface area contributed by atoms with E-state index in [-0.39, 0.29) is 4.90 Å². The molecule has 0 aromatic carbocycles. The second kappa shape index (κ2) is 5.83. The van der Waals surface area contributed by atoms with Crippen LogP contribution >= 0.6 is 0 Å². The van der Waals surface area contributed by atoms with Gasteiger partial charge in [-0.15, -0.1) is 0 Å². The third-order valence-electron chi connectivity index (χ3n) is 4.00. The van der Waals surface area contributed by atoms with E-state index >= 15 is 0 Å². The highest BCUT2D eigenvalue weighted by molar-refractivity contribution is 7.89. The third kappa shape index (κ3) is 3.05. The first kappa shape index (κ1) is 15.5. The van der Waals surface area contributed by atoms with Gasteiger partial charge in [0, 0.05) is 13.1 Å². The maximum Gasteiger partial charge on any atom is 0.244 e. The van der Waals surface area contributed by atoms with Crippen LogP contribution in [0.25, 0.3) is 0 Å². The molecule has 0 amide bonds. The fraction of sp³-hybridized carbons (Fsp3) is 0.769. The van der Waals surface area contributed by atoms with Gasteiger partial charge >= 0.3 is 0 Å². The molecule has 2 rings (SSSR count). The lowest BCUT2D eigenvalue weighted by Gasteiger charge is -2.21. The summed E-state index contributed by atoms with van der Waals surface area (Å²) in [6, 6.07) is -0.401. The molecule has 7 heteroatoms. The fourth-order valence-corrected chi connectivity index (χ4v) is 4.57. The maximum atomic E-state index is 12.5. The van der Waals surface area contributed by atoms with E-state index in [0.29, 0.717) is 24.2 Å². The molecule has 1 aromatic rings. The summed E-state index contributed by atoms with van der Waals surface area (Å²) in [5.74, 6) is 0. The third-order valence-corrected chi connectivity index (χ3v) is 5.74. The summed E-state index contributed by atoms with van der Waals surface area (Å²) in [5, 5.41) is 14.2.